The summed E-state index contributed by atoms with van der Waals surface area (Å²) in [6.07, 6.45) is 3.70. The van der Waals surface area contributed by atoms with Gasteiger partial charge in [0, 0.05) is 6.04 Å². The first kappa shape index (κ1) is 8.02. The number of hydrogen-bond donors (Lipinski definition) is 1. The van der Waals surface area contributed by atoms with Crippen molar-refractivity contribution in [2.45, 2.75) is 44.8 Å². The predicted octanol–water partition coefficient (Wildman–Crippen LogP) is 1.17. The molecule has 1 rings (SSSR count). The molecule has 0 aromatic carbocycles. The second kappa shape index (κ2) is 2.51. The van der Waals surface area contributed by atoms with Crippen molar-refractivity contribution in [2.75, 3.05) is 7.05 Å². The van der Waals surface area contributed by atoms with Crippen LogP contribution in [0.5, 0.6) is 0 Å². The Morgan fingerprint density at radius 1 is 1.60 bits per heavy atom. The SMILES string of the molecule is CC1CCCC(C)(N)N1C. The van der Waals surface area contributed by atoms with E-state index in [1.807, 2.05) is 0 Å². The van der Waals surface area contributed by atoms with Crippen molar-refractivity contribution in [3.8, 4) is 0 Å². The Morgan fingerprint density at radius 3 is 2.60 bits per heavy atom. The fourth-order valence-electron chi connectivity index (χ4n) is 1.63. The molecule has 2 atom stereocenters. The van der Waals surface area contributed by atoms with E-state index in [1.54, 1.807) is 0 Å². The third-order valence-electron chi connectivity index (χ3n) is 2.77. The smallest absolute Gasteiger partial charge is 0.0657 e. The quantitative estimate of drug-likeness (QED) is 0.550. The predicted molar refractivity (Wildman–Crippen MR) is 43.7 cm³/mol. The van der Waals surface area contributed by atoms with Crippen LogP contribution in [0.1, 0.15) is 33.1 Å². The van der Waals surface area contributed by atoms with Gasteiger partial charge in [-0.2, -0.15) is 0 Å². The molecule has 0 aliphatic carbocycles. The molecule has 1 aliphatic heterocycles. The highest BCUT2D eigenvalue weighted by atomic mass is 15.3. The van der Waals surface area contributed by atoms with Gasteiger partial charge in [-0.3, -0.25) is 4.90 Å². The molecule has 0 radical (unpaired) electrons. The minimum atomic E-state index is -0.0579. The van der Waals surface area contributed by atoms with E-state index < -0.39 is 0 Å². The lowest BCUT2D eigenvalue weighted by atomic mass is 9.94. The highest BCUT2D eigenvalue weighted by molar-refractivity contribution is 4.85. The highest BCUT2D eigenvalue weighted by Gasteiger charge is 2.31. The van der Waals surface area contributed by atoms with Crippen molar-refractivity contribution in [3.05, 3.63) is 0 Å². The molecule has 2 heteroatoms. The average Bonchev–Trinajstić information content (AvgIpc) is 1.83. The first-order valence-electron chi connectivity index (χ1n) is 4.06. The molecular formula is C8H18N2. The van der Waals surface area contributed by atoms with Crippen LogP contribution in [0.3, 0.4) is 0 Å². The lowest BCUT2D eigenvalue weighted by Crippen LogP contribution is -2.57. The molecule has 60 valence electrons. The van der Waals surface area contributed by atoms with Crippen LogP contribution >= 0.6 is 0 Å². The Morgan fingerprint density at radius 2 is 2.20 bits per heavy atom. The Kier molecular flexibility index (Phi) is 2.02. The molecule has 1 heterocycles. The molecule has 2 unspecified atom stereocenters. The molecule has 1 fully saturated rings. The Bertz CT molecular complexity index is 120. The van der Waals surface area contributed by atoms with E-state index in [0.29, 0.717) is 6.04 Å². The molecule has 0 aromatic heterocycles. The molecule has 1 aliphatic rings. The minimum absolute atomic E-state index is 0.0579. The second-order valence-corrected chi connectivity index (χ2v) is 3.71. The standard InChI is InChI=1S/C8H18N2/c1-7-5-4-6-8(2,9)10(7)3/h7H,4-6,9H2,1-3H3. The van der Waals surface area contributed by atoms with Gasteiger partial charge in [-0.1, -0.05) is 0 Å². The van der Waals surface area contributed by atoms with Gasteiger partial charge in [0.25, 0.3) is 0 Å². The highest BCUT2D eigenvalue weighted by Crippen LogP contribution is 2.25. The molecule has 1 saturated heterocycles. The van der Waals surface area contributed by atoms with Gasteiger partial charge >= 0.3 is 0 Å². The number of hydrogen-bond acceptors (Lipinski definition) is 2. The lowest BCUT2D eigenvalue weighted by Gasteiger charge is -2.43. The van der Waals surface area contributed by atoms with Crippen molar-refractivity contribution in [1.82, 2.24) is 4.90 Å². The maximum atomic E-state index is 6.04. The van der Waals surface area contributed by atoms with E-state index in [-0.39, 0.29) is 5.66 Å². The van der Waals surface area contributed by atoms with E-state index in [9.17, 15) is 0 Å². The van der Waals surface area contributed by atoms with E-state index in [0.717, 1.165) is 6.42 Å². The molecule has 0 bridgehead atoms. The Labute approximate surface area is 63.4 Å². The minimum Gasteiger partial charge on any atom is -0.313 e. The van der Waals surface area contributed by atoms with E-state index in [1.165, 1.54) is 12.8 Å². The summed E-state index contributed by atoms with van der Waals surface area (Å²) in [5, 5.41) is 0. The summed E-state index contributed by atoms with van der Waals surface area (Å²) >= 11 is 0. The molecular weight excluding hydrogens is 124 g/mol. The van der Waals surface area contributed by atoms with Crippen LogP contribution < -0.4 is 5.73 Å². The van der Waals surface area contributed by atoms with Crippen molar-refractivity contribution < 1.29 is 0 Å². The van der Waals surface area contributed by atoms with Crippen molar-refractivity contribution >= 4 is 0 Å². The van der Waals surface area contributed by atoms with Crippen molar-refractivity contribution in [1.29, 1.82) is 0 Å². The van der Waals surface area contributed by atoms with Crippen LogP contribution in [-0.2, 0) is 0 Å². The van der Waals surface area contributed by atoms with Gasteiger partial charge < -0.3 is 5.73 Å². The van der Waals surface area contributed by atoms with Gasteiger partial charge in [-0.05, 0) is 40.2 Å². The molecule has 2 N–H and O–H groups in total. The fourth-order valence-corrected chi connectivity index (χ4v) is 1.63. The van der Waals surface area contributed by atoms with Crippen LogP contribution in [0.15, 0.2) is 0 Å². The van der Waals surface area contributed by atoms with Gasteiger partial charge in [0.15, 0.2) is 0 Å². The molecule has 0 aromatic rings. The van der Waals surface area contributed by atoms with Gasteiger partial charge in [0.1, 0.15) is 0 Å². The molecule has 0 amide bonds. The number of piperidine rings is 1. The average molecular weight is 142 g/mol. The number of rotatable bonds is 0. The van der Waals surface area contributed by atoms with Crippen molar-refractivity contribution in [3.63, 3.8) is 0 Å². The van der Waals surface area contributed by atoms with E-state index in [4.69, 9.17) is 5.73 Å². The summed E-state index contributed by atoms with van der Waals surface area (Å²) in [6, 6.07) is 0.656. The Hall–Kier alpha value is -0.0800. The van der Waals surface area contributed by atoms with Gasteiger partial charge in [-0.15, -0.1) is 0 Å². The molecule has 10 heavy (non-hydrogen) atoms. The van der Waals surface area contributed by atoms with Crippen LogP contribution in [-0.4, -0.2) is 23.7 Å². The fraction of sp³-hybridized carbons (Fsp3) is 1.00. The van der Waals surface area contributed by atoms with Crippen LogP contribution in [0.2, 0.25) is 0 Å². The molecule has 0 saturated carbocycles. The third kappa shape index (κ3) is 1.32. The summed E-state index contributed by atoms with van der Waals surface area (Å²) < 4.78 is 0. The van der Waals surface area contributed by atoms with Crippen LogP contribution in [0.25, 0.3) is 0 Å². The molecule has 2 nitrogen and oxygen atoms in total. The first-order chi connectivity index (χ1) is 4.54. The summed E-state index contributed by atoms with van der Waals surface area (Å²) in [6.45, 7) is 4.35. The number of nitrogens with zero attached hydrogens (tertiary/aromatic N) is 1. The summed E-state index contributed by atoms with van der Waals surface area (Å²) in [5.74, 6) is 0. The summed E-state index contributed by atoms with van der Waals surface area (Å²) in [4.78, 5) is 2.27. The van der Waals surface area contributed by atoms with Crippen LogP contribution in [0.4, 0.5) is 0 Å². The summed E-state index contributed by atoms with van der Waals surface area (Å²) in [7, 11) is 2.11. The van der Waals surface area contributed by atoms with Crippen molar-refractivity contribution in [2.24, 2.45) is 5.73 Å². The second-order valence-electron chi connectivity index (χ2n) is 3.71. The topological polar surface area (TPSA) is 29.3 Å². The van der Waals surface area contributed by atoms with Gasteiger partial charge in [0.2, 0.25) is 0 Å². The maximum Gasteiger partial charge on any atom is 0.0657 e. The number of nitrogens with two attached hydrogens (primary N) is 1. The Balaban J connectivity index is 2.60. The van der Waals surface area contributed by atoms with Crippen LogP contribution in [0, 0.1) is 0 Å². The zero-order valence-corrected chi connectivity index (χ0v) is 7.22. The van der Waals surface area contributed by atoms with E-state index >= 15 is 0 Å². The summed E-state index contributed by atoms with van der Waals surface area (Å²) in [5.41, 5.74) is 5.98. The lowest BCUT2D eigenvalue weighted by molar-refractivity contribution is 0.0501. The zero-order chi connectivity index (χ0) is 7.78. The first-order valence-corrected chi connectivity index (χ1v) is 4.06. The third-order valence-corrected chi connectivity index (χ3v) is 2.77. The molecule has 0 spiro atoms. The van der Waals surface area contributed by atoms with E-state index in [2.05, 4.69) is 25.8 Å². The zero-order valence-electron chi connectivity index (χ0n) is 7.22. The van der Waals surface area contributed by atoms with Gasteiger partial charge in [-0.25, -0.2) is 0 Å². The van der Waals surface area contributed by atoms with Gasteiger partial charge in [0.05, 0.1) is 5.66 Å². The monoisotopic (exact) mass is 142 g/mol. The maximum absolute atomic E-state index is 6.04. The number of likely N-dealkylation sites (tertiary alicyclic amines) is 1. The normalized spacial score (nSPS) is 43.8. The largest absolute Gasteiger partial charge is 0.313 e.